The number of nitrogens with one attached hydrogen (secondary N) is 2. The molecular weight excluding hydrogens is 496 g/mol. The summed E-state index contributed by atoms with van der Waals surface area (Å²) in [5, 5.41) is 13.8. The molecule has 0 fully saturated rings. The van der Waals surface area contributed by atoms with E-state index in [0.29, 0.717) is 10.9 Å². The summed E-state index contributed by atoms with van der Waals surface area (Å²) in [6.07, 6.45) is -6.60. The lowest BCUT2D eigenvalue weighted by Crippen LogP contribution is -2.51. The fourth-order valence-corrected chi connectivity index (χ4v) is 4.37. The van der Waals surface area contributed by atoms with Crippen LogP contribution in [0.4, 0.5) is 17.6 Å². The summed E-state index contributed by atoms with van der Waals surface area (Å²) in [6.45, 7) is 2.62. The summed E-state index contributed by atoms with van der Waals surface area (Å²) in [5.74, 6) is -1.63. The molecule has 1 aromatic heterocycles. The monoisotopic (exact) mass is 524 g/mol. The third kappa shape index (κ3) is 6.22. The Bertz CT molecular complexity index is 1300. The van der Waals surface area contributed by atoms with E-state index < -0.39 is 47.7 Å². The molecule has 3 aromatic rings. The number of methoxy groups -OCH3 is 2. The van der Waals surface area contributed by atoms with Crippen LogP contribution in [0.1, 0.15) is 41.9 Å². The van der Waals surface area contributed by atoms with Crippen LogP contribution in [0.5, 0.6) is 5.75 Å². The van der Waals surface area contributed by atoms with Gasteiger partial charge in [0.05, 0.1) is 14.2 Å². The summed E-state index contributed by atoms with van der Waals surface area (Å²) < 4.78 is 66.4. The van der Waals surface area contributed by atoms with Gasteiger partial charge in [-0.25, -0.2) is 4.39 Å². The van der Waals surface area contributed by atoms with Crippen LogP contribution in [-0.2, 0) is 21.4 Å². The Morgan fingerprint density at radius 1 is 1.05 bits per heavy atom. The lowest BCUT2D eigenvalue weighted by atomic mass is 9.73. The quantitative estimate of drug-likeness (QED) is 0.284. The molecule has 0 saturated heterocycles. The molecule has 1 atom stereocenters. The average molecular weight is 525 g/mol. The number of rotatable bonds is 9. The third-order valence-corrected chi connectivity index (χ3v) is 6.20. The zero-order valence-corrected chi connectivity index (χ0v) is 20.8. The first kappa shape index (κ1) is 28.0. The maximum Gasteiger partial charge on any atom is 0.417 e. The Morgan fingerprint density at radius 3 is 2.38 bits per heavy atom. The number of aromatic amines is 1. The molecule has 7 nitrogen and oxygen atoms in total. The number of hydrogen-bond acceptors (Lipinski definition) is 5. The summed E-state index contributed by atoms with van der Waals surface area (Å²) in [4.78, 5) is 26.4. The van der Waals surface area contributed by atoms with Gasteiger partial charge in [-0.2, -0.15) is 13.2 Å². The number of esters is 1. The van der Waals surface area contributed by atoms with Crippen molar-refractivity contribution in [3.63, 3.8) is 0 Å². The van der Waals surface area contributed by atoms with Crippen LogP contribution < -0.4 is 10.1 Å². The number of aliphatic hydroxyl groups is 1. The van der Waals surface area contributed by atoms with Gasteiger partial charge in [-0.1, -0.05) is 13.8 Å². The Kier molecular flexibility index (Phi) is 7.87. The highest BCUT2D eigenvalue weighted by molar-refractivity contribution is 5.99. The molecule has 0 aliphatic carbocycles. The fraction of sp³-hybridized carbons (Fsp3) is 0.385. The molecule has 37 heavy (non-hydrogen) atoms. The topological polar surface area (TPSA) is 101 Å². The summed E-state index contributed by atoms with van der Waals surface area (Å²) in [7, 11) is 2.51. The van der Waals surface area contributed by atoms with Crippen LogP contribution in [0.2, 0.25) is 0 Å². The zero-order valence-electron chi connectivity index (χ0n) is 20.8. The van der Waals surface area contributed by atoms with Gasteiger partial charge in [0.2, 0.25) is 0 Å². The normalized spacial score (nSPS) is 13.8. The molecule has 200 valence electrons. The Morgan fingerprint density at radius 2 is 1.76 bits per heavy atom. The summed E-state index contributed by atoms with van der Waals surface area (Å²) in [6, 6.07) is 9.41. The predicted molar refractivity (Wildman–Crippen MR) is 128 cm³/mol. The molecule has 0 aliphatic rings. The molecule has 0 radical (unpaired) electrons. The van der Waals surface area contributed by atoms with E-state index in [1.54, 1.807) is 0 Å². The molecule has 1 unspecified atom stereocenters. The van der Waals surface area contributed by atoms with Crippen LogP contribution in [0.15, 0.2) is 42.5 Å². The highest BCUT2D eigenvalue weighted by Crippen LogP contribution is 2.45. The number of amides is 1. The first-order valence-corrected chi connectivity index (χ1v) is 11.3. The van der Waals surface area contributed by atoms with Gasteiger partial charge in [-0.3, -0.25) is 9.59 Å². The van der Waals surface area contributed by atoms with E-state index >= 15 is 0 Å². The summed E-state index contributed by atoms with van der Waals surface area (Å²) in [5.41, 5.74) is -3.58. The number of H-pyrrole nitrogens is 1. The Hall–Kier alpha value is -3.60. The van der Waals surface area contributed by atoms with E-state index in [2.05, 4.69) is 15.0 Å². The molecule has 1 heterocycles. The highest BCUT2D eigenvalue weighted by Gasteiger charge is 2.56. The smallest absolute Gasteiger partial charge is 0.417 e. The van der Waals surface area contributed by atoms with Gasteiger partial charge in [0.25, 0.3) is 5.91 Å². The number of benzene rings is 2. The van der Waals surface area contributed by atoms with Crippen molar-refractivity contribution >= 4 is 22.8 Å². The predicted octanol–water partition coefficient (Wildman–Crippen LogP) is 4.42. The van der Waals surface area contributed by atoms with E-state index in [1.165, 1.54) is 58.4 Å². The van der Waals surface area contributed by atoms with Crippen molar-refractivity contribution in [1.29, 1.82) is 0 Å². The van der Waals surface area contributed by atoms with Crippen LogP contribution >= 0.6 is 0 Å². The molecule has 0 saturated carbocycles. The minimum atomic E-state index is -5.01. The SMILES string of the molecule is COC(=O)CNC(=O)c1ccc2[nH]c(CC(O)(CC(C)(C)c3cc(F)ccc3OC)C(F)(F)F)cc2c1. The van der Waals surface area contributed by atoms with Crippen molar-refractivity contribution in [3.8, 4) is 5.75 Å². The van der Waals surface area contributed by atoms with Crippen molar-refractivity contribution in [2.75, 3.05) is 20.8 Å². The van der Waals surface area contributed by atoms with Crippen molar-refractivity contribution in [2.45, 2.75) is 43.9 Å². The van der Waals surface area contributed by atoms with Gasteiger partial charge in [-0.05, 0) is 54.3 Å². The Labute approximate surface area is 210 Å². The van der Waals surface area contributed by atoms with E-state index in [-0.39, 0.29) is 29.1 Å². The van der Waals surface area contributed by atoms with E-state index in [1.807, 2.05) is 0 Å². The van der Waals surface area contributed by atoms with Gasteiger partial charge < -0.3 is 24.9 Å². The van der Waals surface area contributed by atoms with Gasteiger partial charge in [0.1, 0.15) is 18.1 Å². The second-order valence-corrected chi connectivity index (χ2v) is 9.47. The van der Waals surface area contributed by atoms with Crippen LogP contribution in [0, 0.1) is 5.82 Å². The molecule has 11 heteroatoms. The molecule has 1 amide bonds. The van der Waals surface area contributed by atoms with Crippen molar-refractivity contribution < 1.29 is 41.7 Å². The number of aromatic nitrogens is 1. The van der Waals surface area contributed by atoms with Crippen LogP contribution in [0.3, 0.4) is 0 Å². The number of ether oxygens (including phenoxy) is 2. The van der Waals surface area contributed by atoms with Crippen LogP contribution in [0.25, 0.3) is 10.9 Å². The fourth-order valence-electron chi connectivity index (χ4n) is 4.37. The maximum absolute atomic E-state index is 14.2. The molecular formula is C26H28F4N2O5. The molecule has 0 bridgehead atoms. The number of fused-ring (bicyclic) bond motifs is 1. The molecule has 3 N–H and O–H groups in total. The first-order valence-electron chi connectivity index (χ1n) is 11.3. The standard InChI is InChI=1S/C26H28F4N2O5/c1-24(2,19-11-17(27)6-8-21(19)36-3)14-25(35,26(28,29)30)12-18-10-16-9-15(5-7-20(16)32-18)23(34)31-13-22(33)37-4/h5-11,32,35H,12-14H2,1-4H3,(H,31,34). The van der Waals surface area contributed by atoms with Gasteiger partial charge in [-0.15, -0.1) is 0 Å². The largest absolute Gasteiger partial charge is 0.496 e. The minimum absolute atomic E-state index is 0.0870. The van der Waals surface area contributed by atoms with Gasteiger partial charge in [0, 0.05) is 34.1 Å². The number of alkyl halides is 3. The van der Waals surface area contributed by atoms with Crippen molar-refractivity contribution in [2.24, 2.45) is 0 Å². The number of hydrogen-bond donors (Lipinski definition) is 3. The maximum atomic E-state index is 14.2. The second-order valence-electron chi connectivity index (χ2n) is 9.47. The highest BCUT2D eigenvalue weighted by atomic mass is 19.4. The molecule has 3 rings (SSSR count). The molecule has 0 spiro atoms. The first-order chi connectivity index (χ1) is 17.2. The van der Waals surface area contributed by atoms with Crippen molar-refractivity contribution in [3.05, 3.63) is 65.1 Å². The lowest BCUT2D eigenvalue weighted by Gasteiger charge is -2.38. The molecule has 2 aromatic carbocycles. The van der Waals surface area contributed by atoms with E-state index in [9.17, 15) is 32.3 Å². The summed E-state index contributed by atoms with van der Waals surface area (Å²) >= 11 is 0. The second kappa shape index (κ2) is 10.4. The van der Waals surface area contributed by atoms with Crippen molar-refractivity contribution in [1.82, 2.24) is 10.3 Å². The van der Waals surface area contributed by atoms with E-state index in [4.69, 9.17) is 4.74 Å². The minimum Gasteiger partial charge on any atom is -0.496 e. The zero-order chi connectivity index (χ0) is 27.6. The van der Waals surface area contributed by atoms with Crippen LogP contribution in [-0.4, -0.2) is 54.5 Å². The van der Waals surface area contributed by atoms with Gasteiger partial charge in [0.15, 0.2) is 5.60 Å². The third-order valence-electron chi connectivity index (χ3n) is 6.20. The Balaban J connectivity index is 1.90. The number of halogens is 4. The van der Waals surface area contributed by atoms with E-state index in [0.717, 1.165) is 12.1 Å². The average Bonchev–Trinajstić information content (AvgIpc) is 3.22. The number of carbonyl (C=O) groups excluding carboxylic acids is 2. The lowest BCUT2D eigenvalue weighted by molar-refractivity contribution is -0.266. The number of carbonyl (C=O) groups is 2. The molecule has 0 aliphatic heterocycles. The van der Waals surface area contributed by atoms with Gasteiger partial charge >= 0.3 is 12.1 Å².